The second-order valence-corrected chi connectivity index (χ2v) is 7.18. The zero-order valence-electron chi connectivity index (χ0n) is 13.2. The second kappa shape index (κ2) is 8.87. The molecule has 0 heterocycles. The molecule has 0 aliphatic rings. The largest absolute Gasteiger partial charge is 0.355 e. The topological polar surface area (TPSA) is 92.5 Å². The van der Waals surface area contributed by atoms with Gasteiger partial charge in [0.2, 0.25) is 15.9 Å². The number of amides is 1. The molecule has 1 unspecified atom stereocenters. The van der Waals surface area contributed by atoms with Crippen molar-refractivity contribution >= 4 is 15.9 Å². The molecule has 0 fully saturated rings. The summed E-state index contributed by atoms with van der Waals surface area (Å²) in [6.07, 6.45) is 2.23. The quantitative estimate of drug-likeness (QED) is 0.640. The molecule has 22 heavy (non-hydrogen) atoms. The fourth-order valence-corrected chi connectivity index (χ4v) is 3.05. The lowest BCUT2D eigenvalue weighted by Gasteiger charge is -2.18. The molecule has 0 aliphatic heterocycles. The molecule has 1 atom stereocenters. The number of carbonyl (C=O) groups excluding carboxylic acids is 1. The lowest BCUT2D eigenvalue weighted by molar-refractivity contribution is -0.122. The fraction of sp³-hybridized carbons (Fsp3) is 0.533. The highest BCUT2D eigenvalue weighted by Crippen LogP contribution is 2.02. The Bertz CT molecular complexity index is 561. The molecule has 0 spiro atoms. The van der Waals surface area contributed by atoms with E-state index in [-0.39, 0.29) is 5.91 Å². The summed E-state index contributed by atoms with van der Waals surface area (Å²) in [6, 6.07) is 8.99. The van der Waals surface area contributed by atoms with Crippen LogP contribution in [-0.4, -0.2) is 50.6 Å². The number of rotatable bonds is 9. The number of benzene rings is 1. The SMILES string of the molecule is CCN(CCCNC(=O)C(N)Cc1ccccc1)S(C)(=O)=O. The summed E-state index contributed by atoms with van der Waals surface area (Å²) in [5.41, 5.74) is 6.88. The van der Waals surface area contributed by atoms with Crippen molar-refractivity contribution in [2.75, 3.05) is 25.9 Å². The first-order valence-corrected chi connectivity index (χ1v) is 9.21. The monoisotopic (exact) mass is 327 g/mol. The third-order valence-corrected chi connectivity index (χ3v) is 4.72. The third-order valence-electron chi connectivity index (χ3n) is 3.34. The molecular formula is C15H25N3O3S. The van der Waals surface area contributed by atoms with Gasteiger partial charge in [0, 0.05) is 19.6 Å². The Hall–Kier alpha value is -1.44. The minimum absolute atomic E-state index is 0.216. The van der Waals surface area contributed by atoms with Crippen LogP contribution in [0.15, 0.2) is 30.3 Å². The van der Waals surface area contributed by atoms with Gasteiger partial charge >= 0.3 is 0 Å². The number of hydrogen-bond donors (Lipinski definition) is 2. The van der Waals surface area contributed by atoms with Gasteiger partial charge in [-0.2, -0.15) is 0 Å². The Morgan fingerprint density at radius 2 is 1.95 bits per heavy atom. The van der Waals surface area contributed by atoms with Crippen LogP contribution in [-0.2, 0) is 21.2 Å². The number of nitrogens with two attached hydrogens (primary N) is 1. The van der Waals surface area contributed by atoms with Crippen molar-refractivity contribution in [2.45, 2.75) is 25.8 Å². The standard InChI is InChI=1S/C15H25N3O3S/c1-3-18(22(2,20)21)11-7-10-17-15(19)14(16)12-13-8-5-4-6-9-13/h4-6,8-9,14H,3,7,10-12,16H2,1-2H3,(H,17,19). The highest BCUT2D eigenvalue weighted by molar-refractivity contribution is 7.88. The van der Waals surface area contributed by atoms with Crippen molar-refractivity contribution < 1.29 is 13.2 Å². The maximum absolute atomic E-state index is 11.9. The number of hydrogen-bond acceptors (Lipinski definition) is 4. The van der Waals surface area contributed by atoms with Crippen LogP contribution in [0.3, 0.4) is 0 Å². The minimum atomic E-state index is -3.18. The summed E-state index contributed by atoms with van der Waals surface area (Å²) in [6.45, 7) is 3.02. The summed E-state index contributed by atoms with van der Waals surface area (Å²) in [4.78, 5) is 11.9. The number of carbonyl (C=O) groups is 1. The van der Waals surface area contributed by atoms with E-state index < -0.39 is 16.1 Å². The number of nitrogens with one attached hydrogen (secondary N) is 1. The van der Waals surface area contributed by atoms with Gasteiger partial charge in [-0.05, 0) is 18.4 Å². The molecule has 0 radical (unpaired) electrons. The van der Waals surface area contributed by atoms with Crippen LogP contribution in [0.2, 0.25) is 0 Å². The summed E-state index contributed by atoms with van der Waals surface area (Å²) < 4.78 is 24.2. The normalized spacial score (nSPS) is 13.1. The third kappa shape index (κ3) is 6.55. The minimum Gasteiger partial charge on any atom is -0.355 e. The number of nitrogens with zero attached hydrogens (tertiary/aromatic N) is 1. The van der Waals surface area contributed by atoms with Gasteiger partial charge in [-0.15, -0.1) is 0 Å². The Morgan fingerprint density at radius 3 is 2.50 bits per heavy atom. The second-order valence-electron chi connectivity index (χ2n) is 5.20. The average molecular weight is 327 g/mol. The van der Waals surface area contributed by atoms with E-state index in [1.807, 2.05) is 30.3 Å². The van der Waals surface area contributed by atoms with Crippen molar-refractivity contribution in [3.8, 4) is 0 Å². The molecule has 0 aliphatic carbocycles. The highest BCUT2D eigenvalue weighted by Gasteiger charge is 2.15. The molecule has 7 heteroatoms. The van der Waals surface area contributed by atoms with E-state index in [1.165, 1.54) is 10.6 Å². The Balaban J connectivity index is 2.31. The fourth-order valence-electron chi connectivity index (χ4n) is 2.12. The molecule has 3 N–H and O–H groups in total. The Kier molecular flexibility index (Phi) is 7.50. The summed E-state index contributed by atoms with van der Waals surface area (Å²) in [5.74, 6) is -0.216. The van der Waals surface area contributed by atoms with E-state index in [1.54, 1.807) is 6.92 Å². The molecule has 0 saturated carbocycles. The van der Waals surface area contributed by atoms with E-state index in [0.29, 0.717) is 32.5 Å². The number of sulfonamides is 1. The summed E-state index contributed by atoms with van der Waals surface area (Å²) in [7, 11) is -3.18. The first-order chi connectivity index (χ1) is 10.3. The van der Waals surface area contributed by atoms with E-state index in [0.717, 1.165) is 5.56 Å². The lowest BCUT2D eigenvalue weighted by Crippen LogP contribution is -2.43. The van der Waals surface area contributed by atoms with Gasteiger partial charge in [0.05, 0.1) is 12.3 Å². The van der Waals surface area contributed by atoms with Crippen LogP contribution in [0.5, 0.6) is 0 Å². The van der Waals surface area contributed by atoms with E-state index in [4.69, 9.17) is 5.73 Å². The average Bonchev–Trinajstić information content (AvgIpc) is 2.46. The van der Waals surface area contributed by atoms with Gasteiger partial charge in [0.1, 0.15) is 0 Å². The lowest BCUT2D eigenvalue weighted by atomic mass is 10.1. The van der Waals surface area contributed by atoms with Crippen molar-refractivity contribution in [2.24, 2.45) is 5.73 Å². The van der Waals surface area contributed by atoms with E-state index in [9.17, 15) is 13.2 Å². The maximum Gasteiger partial charge on any atom is 0.237 e. The Labute approximate surface area is 132 Å². The zero-order valence-corrected chi connectivity index (χ0v) is 14.0. The van der Waals surface area contributed by atoms with Gasteiger partial charge in [0.15, 0.2) is 0 Å². The van der Waals surface area contributed by atoms with Crippen molar-refractivity contribution in [1.29, 1.82) is 0 Å². The summed E-state index contributed by atoms with van der Waals surface area (Å²) in [5, 5.41) is 2.75. The van der Waals surface area contributed by atoms with Crippen molar-refractivity contribution in [3.63, 3.8) is 0 Å². The summed E-state index contributed by atoms with van der Waals surface area (Å²) >= 11 is 0. The molecule has 6 nitrogen and oxygen atoms in total. The molecule has 1 aromatic rings. The zero-order chi connectivity index (χ0) is 16.6. The molecule has 0 saturated heterocycles. The van der Waals surface area contributed by atoms with Crippen LogP contribution in [0.1, 0.15) is 18.9 Å². The molecule has 1 aromatic carbocycles. The van der Waals surface area contributed by atoms with Crippen LogP contribution in [0.4, 0.5) is 0 Å². The molecule has 0 aromatic heterocycles. The van der Waals surface area contributed by atoms with Crippen LogP contribution in [0.25, 0.3) is 0 Å². The molecule has 1 rings (SSSR count). The van der Waals surface area contributed by atoms with Gasteiger partial charge in [-0.3, -0.25) is 4.79 Å². The molecule has 1 amide bonds. The molecular weight excluding hydrogens is 302 g/mol. The Morgan fingerprint density at radius 1 is 1.32 bits per heavy atom. The van der Waals surface area contributed by atoms with E-state index in [2.05, 4.69) is 5.32 Å². The maximum atomic E-state index is 11.9. The highest BCUT2D eigenvalue weighted by atomic mass is 32.2. The van der Waals surface area contributed by atoms with Crippen molar-refractivity contribution in [3.05, 3.63) is 35.9 Å². The smallest absolute Gasteiger partial charge is 0.237 e. The van der Waals surface area contributed by atoms with Gasteiger partial charge in [-0.1, -0.05) is 37.3 Å². The van der Waals surface area contributed by atoms with Crippen LogP contribution >= 0.6 is 0 Å². The van der Waals surface area contributed by atoms with Gasteiger partial charge < -0.3 is 11.1 Å². The van der Waals surface area contributed by atoms with Gasteiger partial charge in [0.25, 0.3) is 0 Å². The predicted molar refractivity (Wildman–Crippen MR) is 87.8 cm³/mol. The van der Waals surface area contributed by atoms with Gasteiger partial charge in [-0.25, -0.2) is 12.7 Å². The van der Waals surface area contributed by atoms with Crippen LogP contribution < -0.4 is 11.1 Å². The first-order valence-electron chi connectivity index (χ1n) is 7.37. The van der Waals surface area contributed by atoms with Crippen molar-refractivity contribution in [1.82, 2.24) is 9.62 Å². The van der Waals surface area contributed by atoms with Crippen LogP contribution in [0, 0.1) is 0 Å². The predicted octanol–water partition coefficient (Wildman–Crippen LogP) is 0.344. The molecule has 0 bridgehead atoms. The van der Waals surface area contributed by atoms with E-state index >= 15 is 0 Å². The first kappa shape index (κ1) is 18.6. The molecule has 124 valence electrons.